The minimum absolute atomic E-state index is 0.232. The van der Waals surface area contributed by atoms with Crippen LogP contribution in [-0.4, -0.2) is 56.9 Å². The second kappa shape index (κ2) is 27.8. The Kier molecular flexibility index (Phi) is 24.6. The summed E-state index contributed by atoms with van der Waals surface area (Å²) in [6.45, 7) is 43.1. The predicted molar refractivity (Wildman–Crippen MR) is 286 cm³/mol. The van der Waals surface area contributed by atoms with Gasteiger partial charge in [0, 0.05) is 18.2 Å². The van der Waals surface area contributed by atoms with Crippen LogP contribution >= 0.6 is 0 Å². The number of carbonyl (C=O) groups is 4. The highest BCUT2D eigenvalue weighted by molar-refractivity contribution is 5.89. The van der Waals surface area contributed by atoms with Gasteiger partial charge >= 0.3 is 23.9 Å². The van der Waals surface area contributed by atoms with Crippen molar-refractivity contribution >= 4 is 42.1 Å². The summed E-state index contributed by atoms with van der Waals surface area (Å²) in [5.74, 6) is -1.78. The van der Waals surface area contributed by atoms with Crippen LogP contribution in [0.5, 0.6) is 0 Å². The highest BCUT2D eigenvalue weighted by atomic mass is 16.5. The van der Waals surface area contributed by atoms with Crippen molar-refractivity contribution in [3.63, 3.8) is 0 Å². The molecule has 0 saturated heterocycles. The fraction of sp³-hybridized carbons (Fsp3) is 0.433. The first-order valence-corrected chi connectivity index (χ1v) is 23.4. The Morgan fingerprint density at radius 3 is 0.855 bits per heavy atom. The van der Waals surface area contributed by atoms with E-state index in [2.05, 4.69) is 139 Å². The molecular formula is C60H82O9. The van der Waals surface area contributed by atoms with E-state index in [9.17, 15) is 19.2 Å². The van der Waals surface area contributed by atoms with Gasteiger partial charge in [0.2, 0.25) is 0 Å². The lowest BCUT2D eigenvalue weighted by Gasteiger charge is -2.18. The number of esters is 3. The largest absolute Gasteiger partial charge is 0.478 e. The molecule has 0 atom stereocenters. The van der Waals surface area contributed by atoms with E-state index in [1.165, 1.54) is 145 Å². The van der Waals surface area contributed by atoms with Gasteiger partial charge in [0.05, 0.1) is 41.0 Å². The Morgan fingerprint density at radius 1 is 0.362 bits per heavy atom. The van der Waals surface area contributed by atoms with Gasteiger partial charge in [-0.05, 0) is 290 Å². The van der Waals surface area contributed by atoms with E-state index in [0.29, 0.717) is 19.6 Å². The lowest BCUT2D eigenvalue weighted by molar-refractivity contribution is -0.142. The molecule has 9 nitrogen and oxygen atoms in total. The van der Waals surface area contributed by atoms with Gasteiger partial charge in [-0.3, -0.25) is 4.79 Å². The van der Waals surface area contributed by atoms with Crippen molar-refractivity contribution in [2.75, 3.05) is 27.9 Å². The third kappa shape index (κ3) is 16.0. The Morgan fingerprint density at radius 2 is 0.609 bits per heavy atom. The minimum Gasteiger partial charge on any atom is -0.478 e. The SMILES string of the molecule is COC(=O)/C=C/c1c(C)c(C)c(C)c(C)c1C.COC(=O)/C=C/c1c(C)c(C)c(C)c(C)c1C.COC(=O)CCOCc1c(C)c(C)c(C)c(C)c1C.Cc1c(C)c(C)c(/C=C/C(=O)O)c(C)c1C. The van der Waals surface area contributed by atoms with Crippen LogP contribution in [0.1, 0.15) is 140 Å². The Bertz CT molecular complexity index is 2420. The summed E-state index contributed by atoms with van der Waals surface area (Å²) >= 11 is 0. The van der Waals surface area contributed by atoms with Crippen molar-refractivity contribution in [3.05, 3.63) is 152 Å². The van der Waals surface area contributed by atoms with Crippen molar-refractivity contribution < 1.29 is 43.2 Å². The van der Waals surface area contributed by atoms with Gasteiger partial charge in [0.25, 0.3) is 0 Å². The zero-order valence-electron chi connectivity index (χ0n) is 46.3. The topological polar surface area (TPSA) is 125 Å². The molecule has 4 aromatic rings. The third-order valence-corrected chi connectivity index (χ3v) is 14.8. The molecule has 0 aromatic heterocycles. The molecule has 0 saturated carbocycles. The van der Waals surface area contributed by atoms with Gasteiger partial charge < -0.3 is 24.1 Å². The lowest BCUT2D eigenvalue weighted by Crippen LogP contribution is -2.08. The van der Waals surface area contributed by atoms with E-state index in [-0.39, 0.29) is 17.9 Å². The van der Waals surface area contributed by atoms with Crippen molar-refractivity contribution in [3.8, 4) is 0 Å². The molecule has 69 heavy (non-hydrogen) atoms. The minimum atomic E-state index is -0.908. The maximum Gasteiger partial charge on any atom is 0.330 e. The van der Waals surface area contributed by atoms with Crippen molar-refractivity contribution in [1.29, 1.82) is 0 Å². The first-order valence-electron chi connectivity index (χ1n) is 23.4. The van der Waals surface area contributed by atoms with Gasteiger partial charge in [-0.2, -0.15) is 0 Å². The van der Waals surface area contributed by atoms with Gasteiger partial charge in [-0.25, -0.2) is 14.4 Å². The Labute approximate surface area is 415 Å². The molecule has 0 spiro atoms. The average Bonchev–Trinajstić information content (AvgIpc) is 3.33. The number of rotatable bonds is 11. The second-order valence-electron chi connectivity index (χ2n) is 18.0. The summed E-state index contributed by atoms with van der Waals surface area (Å²) in [7, 11) is 4.17. The Hall–Kier alpha value is -6.06. The number of ether oxygens (including phenoxy) is 4. The summed E-state index contributed by atoms with van der Waals surface area (Å²) in [4.78, 5) is 43.8. The van der Waals surface area contributed by atoms with Crippen molar-refractivity contribution in [2.45, 2.75) is 152 Å². The number of carbonyl (C=O) groups excluding carboxylic acids is 3. The van der Waals surface area contributed by atoms with Crippen molar-refractivity contribution in [1.82, 2.24) is 0 Å². The second-order valence-corrected chi connectivity index (χ2v) is 18.0. The monoisotopic (exact) mass is 947 g/mol. The third-order valence-electron chi connectivity index (χ3n) is 14.8. The number of hydrogen-bond acceptors (Lipinski definition) is 8. The van der Waals surface area contributed by atoms with Crippen LogP contribution in [-0.2, 0) is 44.7 Å². The first kappa shape index (κ1) is 61.0. The van der Waals surface area contributed by atoms with Crippen LogP contribution in [0.4, 0.5) is 0 Å². The number of carboxylic acids is 1. The highest BCUT2D eigenvalue weighted by Crippen LogP contribution is 2.30. The van der Waals surface area contributed by atoms with Gasteiger partial charge in [-0.1, -0.05) is 0 Å². The molecule has 0 bridgehead atoms. The standard InChI is InChI=1S/C16H24O3.2C15H20O2.C14H18O2/c1-10-11(2)13(4)15(14(5)12(10)3)9-19-8-7-16(17)18-6;2*1-9-10(2)12(4)14(13(5)11(9)3)7-8-15(16)17-6;1-8-9(2)11(4)13(6-7-14(15)16)12(5)10(8)3/h7-9H2,1-6H3;2*7-8H,1-6H3;6-7H,1-5H3,(H,15,16)/b;2*8-7+;7-6+. The molecule has 4 aromatic carbocycles. The van der Waals surface area contributed by atoms with Crippen LogP contribution in [0.25, 0.3) is 18.2 Å². The maximum atomic E-state index is 11.1. The fourth-order valence-corrected chi connectivity index (χ4v) is 8.16. The Balaban J connectivity index is 0.000000461. The summed E-state index contributed by atoms with van der Waals surface area (Å²) in [5.41, 5.74) is 29.9. The van der Waals surface area contributed by atoms with Gasteiger partial charge in [0.15, 0.2) is 0 Å². The average molecular weight is 947 g/mol. The molecule has 9 heteroatoms. The molecular weight excluding hydrogens is 865 g/mol. The molecule has 0 heterocycles. The van der Waals surface area contributed by atoms with Crippen molar-refractivity contribution in [2.24, 2.45) is 0 Å². The molecule has 0 aliphatic heterocycles. The number of carboxylic acid groups (broad SMARTS) is 1. The van der Waals surface area contributed by atoms with Crippen LogP contribution in [0, 0.1) is 138 Å². The molecule has 0 aliphatic carbocycles. The van der Waals surface area contributed by atoms with Gasteiger partial charge in [-0.15, -0.1) is 0 Å². The number of hydrogen-bond donors (Lipinski definition) is 1. The van der Waals surface area contributed by atoms with Crippen LogP contribution in [0.3, 0.4) is 0 Å². The molecule has 1 N–H and O–H groups in total. The summed E-state index contributed by atoms with van der Waals surface area (Å²) in [6.07, 6.45) is 9.83. The number of methoxy groups -OCH3 is 3. The quantitative estimate of drug-likeness (QED) is 0.0677. The normalized spacial score (nSPS) is 10.9. The lowest BCUT2D eigenvalue weighted by atomic mass is 9.89. The molecule has 0 aliphatic rings. The molecule has 0 unspecified atom stereocenters. The molecule has 0 amide bonds. The summed E-state index contributed by atoms with van der Waals surface area (Å²) in [6, 6.07) is 0. The first-order chi connectivity index (χ1) is 32.0. The van der Waals surface area contributed by atoms with E-state index in [4.69, 9.17) is 9.84 Å². The highest BCUT2D eigenvalue weighted by Gasteiger charge is 2.15. The van der Waals surface area contributed by atoms with Crippen LogP contribution < -0.4 is 0 Å². The molecule has 0 radical (unpaired) electrons. The van der Waals surface area contributed by atoms with E-state index < -0.39 is 5.97 Å². The van der Waals surface area contributed by atoms with E-state index in [1.807, 2.05) is 26.0 Å². The molecule has 376 valence electrons. The van der Waals surface area contributed by atoms with Gasteiger partial charge in [0.1, 0.15) is 0 Å². The zero-order chi connectivity index (χ0) is 53.4. The molecule has 4 rings (SSSR count). The van der Waals surface area contributed by atoms with E-state index in [1.54, 1.807) is 6.08 Å². The summed E-state index contributed by atoms with van der Waals surface area (Å²) in [5, 5.41) is 8.66. The maximum absolute atomic E-state index is 11.1. The predicted octanol–water partition coefficient (Wildman–Crippen LogP) is 13.5. The zero-order valence-corrected chi connectivity index (χ0v) is 46.3. The molecule has 0 fully saturated rings. The number of aliphatic carboxylic acids is 1. The number of benzene rings is 4. The van der Waals surface area contributed by atoms with Crippen LogP contribution in [0.2, 0.25) is 0 Å². The fourth-order valence-electron chi connectivity index (χ4n) is 8.16. The van der Waals surface area contributed by atoms with Crippen LogP contribution in [0.15, 0.2) is 18.2 Å². The summed E-state index contributed by atoms with van der Waals surface area (Å²) < 4.78 is 19.4. The van der Waals surface area contributed by atoms with E-state index >= 15 is 0 Å². The smallest absolute Gasteiger partial charge is 0.330 e. The van der Waals surface area contributed by atoms with E-state index in [0.717, 1.165) is 27.8 Å².